The fourth-order valence-corrected chi connectivity index (χ4v) is 4.98. The van der Waals surface area contributed by atoms with E-state index in [-0.39, 0.29) is 36.1 Å². The van der Waals surface area contributed by atoms with Gasteiger partial charge in [0.15, 0.2) is 0 Å². The molecular formula is C24H23ClN2O4S2. The van der Waals surface area contributed by atoms with Crippen LogP contribution in [0.3, 0.4) is 0 Å². The molecule has 3 aromatic rings. The molecule has 0 aliphatic heterocycles. The van der Waals surface area contributed by atoms with Gasteiger partial charge < -0.3 is 10.0 Å². The number of hydrogen-bond donors (Lipinski definition) is 2. The molecule has 0 saturated heterocycles. The highest BCUT2D eigenvalue weighted by molar-refractivity contribution is 7.89. The van der Waals surface area contributed by atoms with Crippen LogP contribution in [0.15, 0.2) is 64.2 Å². The summed E-state index contributed by atoms with van der Waals surface area (Å²) in [5, 5.41) is 14.5. The zero-order valence-corrected chi connectivity index (χ0v) is 20.1. The molecule has 2 aromatic carbocycles. The van der Waals surface area contributed by atoms with Crippen LogP contribution >= 0.6 is 22.9 Å². The average molecular weight is 503 g/mol. The number of terminal acetylenes is 1. The Morgan fingerprint density at radius 1 is 1.15 bits per heavy atom. The molecule has 0 bridgehead atoms. The predicted molar refractivity (Wildman–Crippen MR) is 131 cm³/mol. The van der Waals surface area contributed by atoms with Gasteiger partial charge in [0.2, 0.25) is 15.9 Å². The zero-order valence-electron chi connectivity index (χ0n) is 17.7. The Morgan fingerprint density at radius 2 is 1.91 bits per heavy atom. The number of halogens is 1. The van der Waals surface area contributed by atoms with Crippen LogP contribution in [0.5, 0.6) is 5.75 Å². The van der Waals surface area contributed by atoms with Crippen molar-refractivity contribution in [3.63, 3.8) is 0 Å². The largest absolute Gasteiger partial charge is 0.508 e. The van der Waals surface area contributed by atoms with E-state index in [1.54, 1.807) is 29.2 Å². The normalized spacial score (nSPS) is 11.2. The maximum Gasteiger partial charge on any atom is 0.241 e. The van der Waals surface area contributed by atoms with Crippen molar-refractivity contribution in [2.75, 3.05) is 13.1 Å². The summed E-state index contributed by atoms with van der Waals surface area (Å²) >= 11 is 7.60. The molecule has 0 atom stereocenters. The third-order valence-electron chi connectivity index (χ3n) is 4.96. The number of amides is 1. The monoisotopic (exact) mass is 502 g/mol. The van der Waals surface area contributed by atoms with Crippen LogP contribution in [0.4, 0.5) is 0 Å². The summed E-state index contributed by atoms with van der Waals surface area (Å²) in [6, 6.07) is 13.1. The molecule has 9 heteroatoms. The van der Waals surface area contributed by atoms with Gasteiger partial charge in [0.25, 0.3) is 0 Å². The van der Waals surface area contributed by atoms with Gasteiger partial charge >= 0.3 is 0 Å². The summed E-state index contributed by atoms with van der Waals surface area (Å²) in [5.74, 6) is 2.23. The van der Waals surface area contributed by atoms with E-state index in [1.165, 1.54) is 29.5 Å². The lowest BCUT2D eigenvalue weighted by Crippen LogP contribution is -2.33. The van der Waals surface area contributed by atoms with Gasteiger partial charge in [-0.05, 0) is 64.7 Å². The van der Waals surface area contributed by atoms with Crippen LogP contribution in [0.25, 0.3) is 0 Å². The lowest BCUT2D eigenvalue weighted by Gasteiger charge is -2.23. The third kappa shape index (κ3) is 7.07. The molecule has 3 rings (SSSR count). The van der Waals surface area contributed by atoms with Crippen LogP contribution in [-0.2, 0) is 34.2 Å². The van der Waals surface area contributed by atoms with Gasteiger partial charge in [-0.15, -0.1) is 6.42 Å². The number of carbonyl (C=O) groups is 1. The van der Waals surface area contributed by atoms with E-state index < -0.39 is 10.0 Å². The molecule has 172 valence electrons. The minimum atomic E-state index is -3.66. The fraction of sp³-hybridized carbons (Fsp3) is 0.208. The number of aromatic hydroxyl groups is 1. The molecule has 1 aromatic heterocycles. The van der Waals surface area contributed by atoms with Gasteiger partial charge in [0, 0.05) is 23.7 Å². The van der Waals surface area contributed by atoms with E-state index in [1.807, 2.05) is 16.8 Å². The number of sulfonamides is 1. The zero-order chi connectivity index (χ0) is 23.8. The van der Waals surface area contributed by atoms with E-state index in [0.717, 1.165) is 11.1 Å². The molecule has 1 amide bonds. The fourth-order valence-electron chi connectivity index (χ4n) is 3.18. The first kappa shape index (κ1) is 24.8. The first-order valence-corrected chi connectivity index (χ1v) is 12.9. The topological polar surface area (TPSA) is 86.7 Å². The second kappa shape index (κ2) is 11.3. The molecule has 0 aliphatic rings. The number of benzene rings is 2. The van der Waals surface area contributed by atoms with Crippen molar-refractivity contribution in [3.8, 4) is 18.1 Å². The van der Waals surface area contributed by atoms with Gasteiger partial charge in [0.05, 0.1) is 17.9 Å². The smallest absolute Gasteiger partial charge is 0.241 e. The van der Waals surface area contributed by atoms with E-state index in [0.29, 0.717) is 23.6 Å². The Kier molecular flexibility index (Phi) is 8.53. The van der Waals surface area contributed by atoms with Gasteiger partial charge in [-0.3, -0.25) is 4.79 Å². The molecule has 33 heavy (non-hydrogen) atoms. The molecule has 1 heterocycles. The van der Waals surface area contributed by atoms with Crippen molar-refractivity contribution in [3.05, 3.63) is 81.0 Å². The quantitative estimate of drug-likeness (QED) is 0.412. The van der Waals surface area contributed by atoms with Crippen molar-refractivity contribution in [2.45, 2.75) is 24.3 Å². The number of rotatable bonds is 10. The molecule has 6 nitrogen and oxygen atoms in total. The average Bonchev–Trinajstić information content (AvgIpc) is 3.30. The Bertz CT molecular complexity index is 1230. The maximum absolute atomic E-state index is 13.0. The van der Waals surface area contributed by atoms with Crippen LogP contribution in [-0.4, -0.2) is 37.4 Å². The number of hydrogen-bond acceptors (Lipinski definition) is 5. The van der Waals surface area contributed by atoms with E-state index in [4.69, 9.17) is 18.0 Å². The number of nitrogens with zero attached hydrogens (tertiary/aromatic N) is 1. The molecule has 0 saturated carbocycles. The molecular weight excluding hydrogens is 480 g/mol. The maximum atomic E-state index is 13.0. The highest BCUT2D eigenvalue weighted by Gasteiger charge is 2.18. The van der Waals surface area contributed by atoms with E-state index >= 15 is 0 Å². The number of nitrogens with one attached hydrogen (secondary N) is 1. The second-order valence-corrected chi connectivity index (χ2v) is 10.3. The number of carbonyl (C=O) groups excluding carboxylic acids is 1. The Labute approximate surface area is 202 Å². The summed E-state index contributed by atoms with van der Waals surface area (Å²) in [6.07, 6.45) is 5.88. The summed E-state index contributed by atoms with van der Waals surface area (Å²) in [6.45, 7) is 0.510. The minimum Gasteiger partial charge on any atom is -0.508 e. The lowest BCUT2D eigenvalue weighted by molar-refractivity contribution is -0.131. The van der Waals surface area contributed by atoms with Crippen LogP contribution in [0.2, 0.25) is 5.02 Å². The molecule has 2 N–H and O–H groups in total. The first-order chi connectivity index (χ1) is 15.8. The Morgan fingerprint density at radius 3 is 2.58 bits per heavy atom. The van der Waals surface area contributed by atoms with Crippen molar-refractivity contribution in [2.24, 2.45) is 0 Å². The minimum absolute atomic E-state index is 0.0711. The molecule has 0 fully saturated rings. The number of thiophene rings is 1. The van der Waals surface area contributed by atoms with Crippen molar-refractivity contribution in [1.29, 1.82) is 0 Å². The summed E-state index contributed by atoms with van der Waals surface area (Å²) in [4.78, 5) is 14.8. The predicted octanol–water partition coefficient (Wildman–Crippen LogP) is 3.83. The van der Waals surface area contributed by atoms with Gasteiger partial charge in [-0.2, -0.15) is 16.1 Å². The lowest BCUT2D eigenvalue weighted by atomic mass is 10.1. The molecule has 0 radical (unpaired) electrons. The van der Waals surface area contributed by atoms with E-state index in [2.05, 4.69) is 10.6 Å². The van der Waals surface area contributed by atoms with E-state index in [9.17, 15) is 18.3 Å². The highest BCUT2D eigenvalue weighted by atomic mass is 35.5. The van der Waals surface area contributed by atoms with Crippen molar-refractivity contribution in [1.82, 2.24) is 9.62 Å². The van der Waals surface area contributed by atoms with Gasteiger partial charge in [-0.25, -0.2) is 8.42 Å². The van der Waals surface area contributed by atoms with Crippen molar-refractivity contribution >= 4 is 38.9 Å². The Balaban J connectivity index is 1.73. The molecule has 0 unspecified atom stereocenters. The summed E-state index contributed by atoms with van der Waals surface area (Å²) in [7, 11) is -3.66. The Hall–Kier alpha value is -2.83. The summed E-state index contributed by atoms with van der Waals surface area (Å²) < 4.78 is 26.7. The van der Waals surface area contributed by atoms with Crippen LogP contribution in [0, 0.1) is 12.3 Å². The van der Waals surface area contributed by atoms with Crippen molar-refractivity contribution < 1.29 is 18.3 Å². The summed E-state index contributed by atoms with van der Waals surface area (Å²) in [5.41, 5.74) is 2.36. The second-order valence-electron chi connectivity index (χ2n) is 7.32. The standard InChI is InChI=1S/C24H23ClN2O4S2/c1-2-11-26-33(30,31)22-6-3-18(4-7-22)9-12-27(24(29)14-19-10-13-32-17-19)16-20-15-21(25)5-8-23(20)28/h1,3-8,10,13,15,17,26,28H,9,11-12,14,16H2. The van der Waals surface area contributed by atoms with Crippen LogP contribution < -0.4 is 4.72 Å². The van der Waals surface area contributed by atoms with Crippen LogP contribution in [0.1, 0.15) is 16.7 Å². The molecule has 0 aliphatic carbocycles. The SMILES string of the molecule is C#CCNS(=O)(=O)c1ccc(CCN(Cc2cc(Cl)ccc2O)C(=O)Cc2ccsc2)cc1. The first-order valence-electron chi connectivity index (χ1n) is 10.1. The van der Waals surface area contributed by atoms with Gasteiger partial charge in [-0.1, -0.05) is 29.7 Å². The highest BCUT2D eigenvalue weighted by Crippen LogP contribution is 2.24. The number of phenols is 1. The number of phenolic OH excluding ortho intramolecular Hbond substituents is 1. The third-order valence-corrected chi connectivity index (χ3v) is 7.34. The molecule has 0 spiro atoms. The van der Waals surface area contributed by atoms with Gasteiger partial charge in [0.1, 0.15) is 5.75 Å².